The Morgan fingerprint density at radius 2 is 1.93 bits per heavy atom. The normalized spacial score (nSPS) is 10.9. The molecule has 0 unspecified atom stereocenters. The van der Waals surface area contributed by atoms with Gasteiger partial charge in [-0.2, -0.15) is 5.10 Å². The lowest BCUT2D eigenvalue weighted by atomic mass is 10.2. The summed E-state index contributed by atoms with van der Waals surface area (Å²) in [6.45, 7) is 4.57. The smallest absolute Gasteiger partial charge is 0.259 e. The van der Waals surface area contributed by atoms with Crippen LogP contribution in [0.25, 0.3) is 5.69 Å². The monoisotopic (exact) mass is 405 g/mol. The van der Waals surface area contributed by atoms with Crippen LogP contribution in [0.1, 0.15) is 27.4 Å². The van der Waals surface area contributed by atoms with Crippen molar-refractivity contribution < 1.29 is 4.79 Å². The third kappa shape index (κ3) is 4.07. The number of carbonyl (C=O) groups is 1. The molecule has 29 heavy (non-hydrogen) atoms. The number of anilines is 1. The fourth-order valence-electron chi connectivity index (χ4n) is 3.16. The maximum absolute atomic E-state index is 12.7. The van der Waals surface area contributed by atoms with Gasteiger partial charge in [-0.1, -0.05) is 29.8 Å². The highest BCUT2D eigenvalue weighted by Gasteiger charge is 2.15. The maximum atomic E-state index is 12.7. The van der Waals surface area contributed by atoms with Gasteiger partial charge in [-0.3, -0.25) is 4.79 Å². The van der Waals surface area contributed by atoms with Crippen molar-refractivity contribution in [2.24, 2.45) is 0 Å². The highest BCUT2D eigenvalue weighted by molar-refractivity contribution is 6.30. The minimum absolute atomic E-state index is 0.200. The Balaban J connectivity index is 1.48. The molecule has 6 nitrogen and oxygen atoms in total. The summed E-state index contributed by atoms with van der Waals surface area (Å²) in [5, 5.41) is 7.90. The number of nitrogens with one attached hydrogen (secondary N) is 1. The number of amides is 1. The van der Waals surface area contributed by atoms with Crippen molar-refractivity contribution in [3.63, 3.8) is 0 Å². The first-order chi connectivity index (χ1) is 14.0. The predicted octanol–water partition coefficient (Wildman–Crippen LogP) is 4.64. The lowest BCUT2D eigenvalue weighted by Crippen LogP contribution is -2.13. The van der Waals surface area contributed by atoms with E-state index in [1.54, 1.807) is 23.1 Å². The van der Waals surface area contributed by atoms with Crippen molar-refractivity contribution >= 4 is 23.2 Å². The molecule has 0 aliphatic heterocycles. The molecule has 0 radical (unpaired) electrons. The van der Waals surface area contributed by atoms with Crippen LogP contribution in [0, 0.1) is 13.8 Å². The second-order valence-corrected chi connectivity index (χ2v) is 7.23. The van der Waals surface area contributed by atoms with Crippen molar-refractivity contribution in [1.82, 2.24) is 19.3 Å². The van der Waals surface area contributed by atoms with Crippen LogP contribution in [0.5, 0.6) is 0 Å². The van der Waals surface area contributed by atoms with Crippen LogP contribution in [0.15, 0.2) is 67.1 Å². The second kappa shape index (κ2) is 7.93. The molecule has 0 bridgehead atoms. The molecule has 2 heterocycles. The second-order valence-electron chi connectivity index (χ2n) is 6.79. The molecule has 4 rings (SSSR count). The lowest BCUT2D eigenvalue weighted by molar-refractivity contribution is 0.102. The van der Waals surface area contributed by atoms with E-state index in [1.165, 1.54) is 0 Å². The van der Waals surface area contributed by atoms with Crippen LogP contribution in [-0.2, 0) is 6.54 Å². The number of benzene rings is 2. The van der Waals surface area contributed by atoms with Gasteiger partial charge in [0.05, 0.1) is 23.1 Å². The number of hydrogen-bond donors (Lipinski definition) is 1. The maximum Gasteiger partial charge on any atom is 0.259 e. The van der Waals surface area contributed by atoms with Gasteiger partial charge in [0.25, 0.3) is 5.91 Å². The van der Waals surface area contributed by atoms with Gasteiger partial charge in [0.1, 0.15) is 5.82 Å². The van der Waals surface area contributed by atoms with Crippen molar-refractivity contribution in [2.75, 3.05) is 5.32 Å². The van der Waals surface area contributed by atoms with Crippen LogP contribution in [0.2, 0.25) is 5.02 Å². The molecule has 0 spiro atoms. The molecule has 4 aromatic rings. The largest absolute Gasteiger partial charge is 0.331 e. The molecule has 7 heteroatoms. The third-order valence-corrected chi connectivity index (χ3v) is 5.03. The molecule has 0 aliphatic carbocycles. The predicted molar refractivity (Wildman–Crippen MR) is 114 cm³/mol. The van der Waals surface area contributed by atoms with Crippen LogP contribution in [-0.4, -0.2) is 25.2 Å². The molecule has 2 aromatic carbocycles. The molecule has 146 valence electrons. The molecular weight excluding hydrogens is 386 g/mol. The zero-order valence-corrected chi connectivity index (χ0v) is 16.9. The van der Waals surface area contributed by atoms with Gasteiger partial charge in [-0.15, -0.1) is 0 Å². The zero-order chi connectivity index (χ0) is 20.4. The number of hydrogen-bond acceptors (Lipinski definition) is 3. The molecule has 0 fully saturated rings. The summed E-state index contributed by atoms with van der Waals surface area (Å²) in [6.07, 6.45) is 5.31. The van der Waals surface area contributed by atoms with Gasteiger partial charge in [0.2, 0.25) is 0 Å². The summed E-state index contributed by atoms with van der Waals surface area (Å²) < 4.78 is 3.78. The molecule has 1 N–H and O–H groups in total. The number of aryl methyl sites for hydroxylation is 1. The SMILES string of the molecule is Cc1nccn1Cc1ccc(NC(=O)c2cnn(-c3cccc(Cl)c3)c2C)cc1. The summed E-state index contributed by atoms with van der Waals surface area (Å²) in [5.74, 6) is 0.767. The first-order valence-corrected chi connectivity index (χ1v) is 9.57. The summed E-state index contributed by atoms with van der Waals surface area (Å²) in [6, 6.07) is 15.2. The Labute approximate surface area is 173 Å². The average molecular weight is 406 g/mol. The molecule has 1 amide bonds. The van der Waals surface area contributed by atoms with E-state index in [0.717, 1.165) is 35.0 Å². The van der Waals surface area contributed by atoms with Crippen molar-refractivity contribution in [2.45, 2.75) is 20.4 Å². The topological polar surface area (TPSA) is 64.7 Å². The van der Waals surface area contributed by atoms with Gasteiger partial charge in [0.15, 0.2) is 0 Å². The number of rotatable bonds is 5. The van der Waals surface area contributed by atoms with Gasteiger partial charge in [-0.05, 0) is 49.7 Å². The third-order valence-electron chi connectivity index (χ3n) is 4.80. The van der Waals surface area contributed by atoms with E-state index in [2.05, 4.69) is 20.0 Å². The van der Waals surface area contributed by atoms with Gasteiger partial charge in [0, 0.05) is 29.6 Å². The Kier molecular flexibility index (Phi) is 5.18. The van der Waals surface area contributed by atoms with Crippen molar-refractivity contribution in [3.8, 4) is 5.69 Å². The van der Waals surface area contributed by atoms with Crippen LogP contribution in [0.3, 0.4) is 0 Å². The van der Waals surface area contributed by atoms with Crippen LogP contribution in [0.4, 0.5) is 5.69 Å². The number of halogens is 1. The van der Waals surface area contributed by atoms with E-state index < -0.39 is 0 Å². The van der Waals surface area contributed by atoms with Gasteiger partial charge in [-0.25, -0.2) is 9.67 Å². The first-order valence-electron chi connectivity index (χ1n) is 9.20. The minimum atomic E-state index is -0.200. The molecule has 0 aliphatic rings. The number of carbonyl (C=O) groups excluding carboxylic acids is 1. The first kappa shape index (κ1) is 19.0. The van der Waals surface area contributed by atoms with Crippen molar-refractivity contribution in [1.29, 1.82) is 0 Å². The number of aromatic nitrogens is 4. The van der Waals surface area contributed by atoms with E-state index in [-0.39, 0.29) is 5.91 Å². The highest BCUT2D eigenvalue weighted by Crippen LogP contribution is 2.19. The van der Waals surface area contributed by atoms with Crippen molar-refractivity contribution in [3.05, 3.63) is 94.8 Å². The Bertz CT molecular complexity index is 1160. The van der Waals surface area contributed by atoms with Crippen LogP contribution < -0.4 is 5.32 Å². The number of imidazole rings is 1. The standard InChI is InChI=1S/C22H20ClN5O/c1-15-21(13-25-28(15)20-5-3-4-18(23)12-20)22(29)26-19-8-6-17(7-9-19)14-27-11-10-24-16(27)2/h3-13H,14H2,1-2H3,(H,26,29). The molecular formula is C22H20ClN5O. The fourth-order valence-corrected chi connectivity index (χ4v) is 3.34. The Hall–Kier alpha value is -3.38. The van der Waals surface area contributed by atoms with E-state index in [4.69, 9.17) is 11.6 Å². The quantitative estimate of drug-likeness (QED) is 0.526. The Morgan fingerprint density at radius 3 is 2.62 bits per heavy atom. The molecule has 0 saturated heterocycles. The summed E-state index contributed by atoms with van der Waals surface area (Å²) in [5.41, 5.74) is 3.94. The molecule has 0 saturated carbocycles. The van der Waals surface area contributed by atoms with E-state index in [0.29, 0.717) is 10.6 Å². The van der Waals surface area contributed by atoms with E-state index in [9.17, 15) is 4.79 Å². The Morgan fingerprint density at radius 1 is 1.14 bits per heavy atom. The van der Waals surface area contributed by atoms with E-state index >= 15 is 0 Å². The van der Waals surface area contributed by atoms with Crippen LogP contribution >= 0.6 is 11.6 Å². The zero-order valence-electron chi connectivity index (χ0n) is 16.1. The summed E-state index contributed by atoms with van der Waals surface area (Å²) >= 11 is 6.06. The minimum Gasteiger partial charge on any atom is -0.331 e. The number of nitrogens with zero attached hydrogens (tertiary/aromatic N) is 4. The summed E-state index contributed by atoms with van der Waals surface area (Å²) in [7, 11) is 0. The van der Waals surface area contributed by atoms with Gasteiger partial charge >= 0.3 is 0 Å². The average Bonchev–Trinajstić information content (AvgIpc) is 3.29. The lowest BCUT2D eigenvalue weighted by Gasteiger charge is -2.09. The summed E-state index contributed by atoms with van der Waals surface area (Å²) in [4.78, 5) is 17.0. The highest BCUT2D eigenvalue weighted by atomic mass is 35.5. The van der Waals surface area contributed by atoms with E-state index in [1.807, 2.05) is 62.5 Å². The fraction of sp³-hybridized carbons (Fsp3) is 0.136. The molecule has 2 aromatic heterocycles. The van der Waals surface area contributed by atoms with Gasteiger partial charge < -0.3 is 9.88 Å². The molecule has 0 atom stereocenters.